The van der Waals surface area contributed by atoms with Gasteiger partial charge in [0, 0.05) is 16.7 Å². The molecule has 8 aromatic rings. The molecule has 1 fully saturated rings. The first-order valence-corrected chi connectivity index (χ1v) is 20.4. The molecule has 0 spiro atoms. The fourth-order valence-corrected chi connectivity index (χ4v) is 8.51. The van der Waals surface area contributed by atoms with Crippen LogP contribution in [0.5, 0.6) is 0 Å². The lowest BCUT2D eigenvalue weighted by Crippen LogP contribution is -2.54. The number of ether oxygens (including phenoxy) is 2. The normalized spacial score (nSPS) is 15.8. The number of hydrogen-bond acceptors (Lipinski definition) is 5. The second kappa shape index (κ2) is 17.0. The summed E-state index contributed by atoms with van der Waals surface area (Å²) in [6.07, 6.45) is -3.12. The van der Waals surface area contributed by atoms with Crippen LogP contribution in [0.1, 0.15) is 61.9 Å². The Morgan fingerprint density at radius 2 is 0.574 bits per heavy atom. The average Bonchev–Trinajstić information content (AvgIpc) is 3.81. The lowest BCUT2D eigenvalue weighted by Gasteiger charge is -2.42. The van der Waals surface area contributed by atoms with E-state index in [9.17, 15) is 15.3 Å². The Kier molecular flexibility index (Phi) is 11.0. The number of hydrogen-bond donors (Lipinski definition) is 3. The molecule has 0 amide bonds. The van der Waals surface area contributed by atoms with E-state index < -0.39 is 35.3 Å². The summed E-state index contributed by atoms with van der Waals surface area (Å²) in [5, 5.41) is 38.6. The highest BCUT2D eigenvalue weighted by molar-refractivity contribution is 5.51. The first kappa shape index (κ1) is 39.6. The van der Waals surface area contributed by atoms with Crippen LogP contribution in [0.15, 0.2) is 231 Å². The molecule has 5 nitrogen and oxygen atoms in total. The highest BCUT2D eigenvalue weighted by Crippen LogP contribution is 2.51. The molecule has 1 heterocycles. The second-order valence-corrected chi connectivity index (χ2v) is 15.3. The maximum atomic E-state index is 13.2. The van der Waals surface area contributed by atoms with Crippen molar-refractivity contribution in [2.24, 2.45) is 0 Å². The Morgan fingerprint density at radius 3 is 0.885 bits per heavy atom. The molecule has 8 aromatic carbocycles. The summed E-state index contributed by atoms with van der Waals surface area (Å²) in [6.45, 7) is 0. The molecule has 5 heteroatoms. The van der Waals surface area contributed by atoms with E-state index in [1.165, 1.54) is 0 Å². The maximum Gasteiger partial charge on any atom is 0.185 e. The lowest BCUT2D eigenvalue weighted by molar-refractivity contribution is -0.110. The first-order chi connectivity index (χ1) is 29.9. The third-order valence-electron chi connectivity index (χ3n) is 11.7. The molecular formula is C56H44O5. The van der Waals surface area contributed by atoms with Crippen molar-refractivity contribution < 1.29 is 24.8 Å². The molecule has 2 atom stereocenters. The van der Waals surface area contributed by atoms with Gasteiger partial charge in [0.25, 0.3) is 0 Å². The largest absolute Gasteiger partial charge is 0.378 e. The van der Waals surface area contributed by atoms with E-state index in [0.29, 0.717) is 27.8 Å². The predicted octanol–water partition coefficient (Wildman–Crippen LogP) is 10.0. The summed E-state index contributed by atoms with van der Waals surface area (Å²) in [4.78, 5) is 0. The predicted molar refractivity (Wildman–Crippen MR) is 238 cm³/mol. The number of benzene rings is 8. The van der Waals surface area contributed by atoms with E-state index in [1.807, 2.05) is 231 Å². The molecule has 0 radical (unpaired) electrons. The van der Waals surface area contributed by atoms with Crippen LogP contribution in [0, 0.1) is 11.8 Å². The van der Waals surface area contributed by atoms with Crippen LogP contribution in [0.2, 0.25) is 0 Å². The fourth-order valence-electron chi connectivity index (χ4n) is 8.51. The third-order valence-corrected chi connectivity index (χ3v) is 11.7. The fraction of sp³-hybridized carbons (Fsp3) is 0.107. The van der Waals surface area contributed by atoms with Gasteiger partial charge in [-0.05, 0) is 63.2 Å². The van der Waals surface area contributed by atoms with Crippen molar-refractivity contribution in [3.05, 3.63) is 286 Å². The molecule has 61 heavy (non-hydrogen) atoms. The number of aliphatic hydroxyl groups is 3. The molecule has 1 saturated heterocycles. The van der Waals surface area contributed by atoms with Gasteiger partial charge in [-0.2, -0.15) is 0 Å². The Labute approximate surface area is 356 Å². The van der Waals surface area contributed by atoms with Crippen LogP contribution < -0.4 is 0 Å². The van der Waals surface area contributed by atoms with Crippen LogP contribution in [0.4, 0.5) is 0 Å². The van der Waals surface area contributed by atoms with E-state index in [2.05, 4.69) is 11.8 Å². The minimum absolute atomic E-state index is 0.604. The first-order valence-electron chi connectivity index (χ1n) is 20.4. The molecular weight excluding hydrogens is 753 g/mol. The summed E-state index contributed by atoms with van der Waals surface area (Å²) in [5.41, 5.74) is 2.19. The molecule has 3 N–H and O–H groups in total. The zero-order valence-corrected chi connectivity index (χ0v) is 33.3. The zero-order valence-electron chi connectivity index (χ0n) is 33.3. The van der Waals surface area contributed by atoms with Gasteiger partial charge in [0.15, 0.2) is 6.29 Å². The molecule has 0 aromatic heterocycles. The summed E-state index contributed by atoms with van der Waals surface area (Å²) < 4.78 is 13.8. The monoisotopic (exact) mass is 796 g/mol. The van der Waals surface area contributed by atoms with Crippen molar-refractivity contribution >= 4 is 0 Å². The van der Waals surface area contributed by atoms with Crippen molar-refractivity contribution in [3.8, 4) is 11.8 Å². The van der Waals surface area contributed by atoms with Crippen LogP contribution in [0.25, 0.3) is 0 Å². The van der Waals surface area contributed by atoms with Gasteiger partial charge in [-0.3, -0.25) is 0 Å². The quantitative estimate of drug-likeness (QED) is 0.0949. The van der Waals surface area contributed by atoms with Gasteiger partial charge >= 0.3 is 0 Å². The van der Waals surface area contributed by atoms with Crippen LogP contribution >= 0.6 is 0 Å². The molecule has 298 valence electrons. The highest BCUT2D eigenvalue weighted by Gasteiger charge is 2.59. The van der Waals surface area contributed by atoms with Crippen LogP contribution in [-0.2, 0) is 26.3 Å². The van der Waals surface area contributed by atoms with Crippen molar-refractivity contribution in [3.63, 3.8) is 0 Å². The minimum Gasteiger partial charge on any atom is -0.378 e. The highest BCUT2D eigenvalue weighted by atomic mass is 16.7. The Morgan fingerprint density at radius 1 is 0.311 bits per heavy atom. The Bertz CT molecular complexity index is 2500. The van der Waals surface area contributed by atoms with E-state index in [0.717, 1.165) is 27.8 Å². The Balaban J connectivity index is 1.05. The van der Waals surface area contributed by atoms with Crippen molar-refractivity contribution in [2.45, 2.75) is 35.3 Å². The minimum atomic E-state index is -1.74. The molecule has 9 rings (SSSR count). The topological polar surface area (TPSA) is 79.2 Å². The lowest BCUT2D eigenvalue weighted by atomic mass is 9.72. The van der Waals surface area contributed by atoms with Gasteiger partial charge in [0.2, 0.25) is 0 Å². The third kappa shape index (κ3) is 7.49. The van der Waals surface area contributed by atoms with Gasteiger partial charge in [0.05, 0.1) is 0 Å². The number of rotatable bonds is 10. The zero-order chi connectivity index (χ0) is 41.7. The molecule has 0 saturated carbocycles. The van der Waals surface area contributed by atoms with Gasteiger partial charge < -0.3 is 24.8 Å². The maximum absolute atomic E-state index is 13.2. The van der Waals surface area contributed by atoms with Crippen molar-refractivity contribution in [1.82, 2.24) is 0 Å². The van der Waals surface area contributed by atoms with E-state index >= 15 is 0 Å². The van der Waals surface area contributed by atoms with Crippen LogP contribution in [-0.4, -0.2) is 27.5 Å². The van der Waals surface area contributed by atoms with E-state index in [1.54, 1.807) is 0 Å². The molecule has 0 unspecified atom stereocenters. The van der Waals surface area contributed by atoms with Gasteiger partial charge in [-0.1, -0.05) is 218 Å². The second-order valence-electron chi connectivity index (χ2n) is 15.3. The van der Waals surface area contributed by atoms with E-state index in [4.69, 9.17) is 9.47 Å². The molecule has 0 aliphatic carbocycles. The summed E-state index contributed by atoms with van der Waals surface area (Å²) in [7, 11) is 0. The van der Waals surface area contributed by atoms with Gasteiger partial charge in [-0.15, -0.1) is 0 Å². The SMILES string of the molecule is OC(c1ccccc1)(c1ccccc1)c1ccc(C#Cc2ccc(C3O[C@@H](C(O)(c4ccccc4)c4ccccc4)[C@H](C(O)(c4ccccc4)c4ccccc4)O3)cc2)cc1. The Hall–Kier alpha value is -6.88. The summed E-state index contributed by atoms with van der Waals surface area (Å²) in [6, 6.07) is 72.4. The van der Waals surface area contributed by atoms with Crippen LogP contribution in [0.3, 0.4) is 0 Å². The average molecular weight is 797 g/mol. The van der Waals surface area contributed by atoms with Crippen molar-refractivity contribution in [2.75, 3.05) is 0 Å². The summed E-state index contributed by atoms with van der Waals surface area (Å²) in [5.74, 6) is 6.55. The van der Waals surface area contributed by atoms with Crippen molar-refractivity contribution in [1.29, 1.82) is 0 Å². The molecule has 0 bridgehead atoms. The smallest absolute Gasteiger partial charge is 0.185 e. The molecule has 1 aliphatic rings. The van der Waals surface area contributed by atoms with Gasteiger partial charge in [-0.25, -0.2) is 0 Å². The van der Waals surface area contributed by atoms with Gasteiger partial charge in [0.1, 0.15) is 29.0 Å². The standard InChI is InChI=1S/C56H44O5/c57-54(44-19-7-1-8-20-44,45-21-9-2-10-22-45)50-39-35-42(36-40-50)32-31-41-33-37-43(38-34-41)53-60-51(55(58,46-23-11-3-12-24-46)47-25-13-4-14-26-47)52(61-53)56(59,48-27-15-5-16-28-48)49-29-17-6-18-30-49/h1-30,33-40,51-53,57-59H/t51-,52-/m1/s1. The van der Waals surface area contributed by atoms with E-state index in [-0.39, 0.29) is 0 Å². The molecule has 1 aliphatic heterocycles. The summed E-state index contributed by atoms with van der Waals surface area (Å²) >= 11 is 0.